The molecule has 108 valence electrons. The van der Waals surface area contributed by atoms with Crippen LogP contribution in [0.5, 0.6) is 0 Å². The average molecular weight is 265 g/mol. The van der Waals surface area contributed by atoms with Gasteiger partial charge in [-0.2, -0.15) is 0 Å². The van der Waals surface area contributed by atoms with Crippen molar-refractivity contribution < 1.29 is 4.79 Å². The van der Waals surface area contributed by atoms with Crippen molar-refractivity contribution in [2.24, 2.45) is 5.92 Å². The van der Waals surface area contributed by atoms with Gasteiger partial charge in [0.25, 0.3) is 0 Å². The zero-order valence-electron chi connectivity index (χ0n) is 12.1. The second kappa shape index (κ2) is 5.41. The van der Waals surface area contributed by atoms with Gasteiger partial charge in [0, 0.05) is 19.1 Å². The first-order valence-corrected chi connectivity index (χ1v) is 8.01. The molecule has 1 saturated carbocycles. The molecule has 0 spiro atoms. The van der Waals surface area contributed by atoms with Crippen LogP contribution in [-0.2, 0) is 4.79 Å². The number of amides is 1. The molecular formula is C15H27N3O. The van der Waals surface area contributed by atoms with Crippen LogP contribution in [0.4, 0.5) is 0 Å². The Kier molecular flexibility index (Phi) is 3.81. The van der Waals surface area contributed by atoms with Gasteiger partial charge in [0.1, 0.15) is 0 Å². The topological polar surface area (TPSA) is 44.4 Å². The van der Waals surface area contributed by atoms with Crippen LogP contribution in [0, 0.1) is 5.92 Å². The van der Waals surface area contributed by atoms with Gasteiger partial charge in [0.15, 0.2) is 0 Å². The smallest absolute Gasteiger partial charge is 0.240 e. The number of hydrogen-bond donors (Lipinski definition) is 2. The lowest BCUT2D eigenvalue weighted by molar-refractivity contribution is -0.127. The van der Waals surface area contributed by atoms with Crippen LogP contribution in [0.25, 0.3) is 0 Å². The Bertz CT molecular complexity index is 334. The van der Waals surface area contributed by atoms with Crippen LogP contribution < -0.4 is 10.6 Å². The molecule has 0 radical (unpaired) electrons. The summed E-state index contributed by atoms with van der Waals surface area (Å²) in [6.45, 7) is 6.40. The molecule has 4 heteroatoms. The average Bonchev–Trinajstić information content (AvgIpc) is 2.99. The molecule has 2 unspecified atom stereocenters. The summed E-state index contributed by atoms with van der Waals surface area (Å²) in [7, 11) is 0. The number of likely N-dealkylation sites (tertiary alicyclic amines) is 1. The molecule has 3 rings (SSSR count). The second-order valence-corrected chi connectivity index (χ2v) is 6.56. The summed E-state index contributed by atoms with van der Waals surface area (Å²) in [6, 6.07) is 0.874. The van der Waals surface area contributed by atoms with Gasteiger partial charge in [-0.25, -0.2) is 0 Å². The fourth-order valence-corrected chi connectivity index (χ4v) is 3.67. The van der Waals surface area contributed by atoms with Gasteiger partial charge in [-0.3, -0.25) is 4.79 Å². The first kappa shape index (κ1) is 13.4. The van der Waals surface area contributed by atoms with Crippen LogP contribution >= 0.6 is 0 Å². The van der Waals surface area contributed by atoms with Crippen molar-refractivity contribution in [1.29, 1.82) is 0 Å². The lowest BCUT2D eigenvalue weighted by Crippen LogP contribution is -2.53. The second-order valence-electron chi connectivity index (χ2n) is 6.56. The van der Waals surface area contributed by atoms with Crippen molar-refractivity contribution in [2.45, 2.75) is 57.0 Å². The summed E-state index contributed by atoms with van der Waals surface area (Å²) in [4.78, 5) is 15.0. The maximum atomic E-state index is 12.4. The van der Waals surface area contributed by atoms with E-state index in [1.807, 2.05) is 0 Å². The molecule has 2 N–H and O–H groups in total. The van der Waals surface area contributed by atoms with Crippen LogP contribution in [0.1, 0.15) is 45.4 Å². The Morgan fingerprint density at radius 3 is 2.89 bits per heavy atom. The van der Waals surface area contributed by atoms with Crippen molar-refractivity contribution >= 4 is 5.91 Å². The minimum atomic E-state index is -0.269. The summed E-state index contributed by atoms with van der Waals surface area (Å²) in [6.07, 6.45) is 7.05. The van der Waals surface area contributed by atoms with E-state index in [0.29, 0.717) is 5.92 Å². The molecule has 3 fully saturated rings. The monoisotopic (exact) mass is 265 g/mol. The van der Waals surface area contributed by atoms with Gasteiger partial charge < -0.3 is 15.5 Å². The Balaban J connectivity index is 1.45. The van der Waals surface area contributed by atoms with E-state index in [0.717, 1.165) is 38.4 Å². The number of rotatable bonds is 5. The summed E-state index contributed by atoms with van der Waals surface area (Å²) in [5, 5.41) is 6.62. The number of nitrogens with one attached hydrogen (secondary N) is 2. The largest absolute Gasteiger partial charge is 0.354 e. The highest BCUT2D eigenvalue weighted by atomic mass is 16.2. The predicted octanol–water partition coefficient (Wildman–Crippen LogP) is 1.12. The lowest BCUT2D eigenvalue weighted by atomic mass is 9.93. The molecule has 1 amide bonds. The normalized spacial score (nSPS) is 35.7. The molecule has 19 heavy (non-hydrogen) atoms. The molecular weight excluding hydrogens is 238 g/mol. The predicted molar refractivity (Wildman–Crippen MR) is 76.0 cm³/mol. The number of carbonyl (C=O) groups excluding carboxylic acids is 1. The molecule has 0 aromatic heterocycles. The molecule has 0 aromatic carbocycles. The van der Waals surface area contributed by atoms with Crippen molar-refractivity contribution in [3.63, 3.8) is 0 Å². The summed E-state index contributed by atoms with van der Waals surface area (Å²) in [5.41, 5.74) is -0.269. The highest BCUT2D eigenvalue weighted by Gasteiger charge is 2.40. The van der Waals surface area contributed by atoms with Crippen molar-refractivity contribution in [1.82, 2.24) is 15.5 Å². The van der Waals surface area contributed by atoms with Gasteiger partial charge in [-0.1, -0.05) is 6.92 Å². The maximum Gasteiger partial charge on any atom is 0.240 e. The van der Waals surface area contributed by atoms with E-state index in [1.54, 1.807) is 0 Å². The SMILES string of the molecule is CCC1(C(=O)NCC2CCN(C3CC3)C2)CCCN1. The van der Waals surface area contributed by atoms with Crippen molar-refractivity contribution in [2.75, 3.05) is 26.2 Å². The first-order valence-electron chi connectivity index (χ1n) is 8.01. The molecule has 4 nitrogen and oxygen atoms in total. The van der Waals surface area contributed by atoms with E-state index in [-0.39, 0.29) is 11.4 Å². The van der Waals surface area contributed by atoms with Gasteiger partial charge >= 0.3 is 0 Å². The third-order valence-electron chi connectivity index (χ3n) is 5.21. The summed E-state index contributed by atoms with van der Waals surface area (Å²) < 4.78 is 0. The number of carbonyl (C=O) groups is 1. The molecule has 0 bridgehead atoms. The minimum absolute atomic E-state index is 0.234. The van der Waals surface area contributed by atoms with Crippen LogP contribution in [-0.4, -0.2) is 48.6 Å². The van der Waals surface area contributed by atoms with E-state index < -0.39 is 0 Å². The van der Waals surface area contributed by atoms with Crippen molar-refractivity contribution in [3.05, 3.63) is 0 Å². The molecule has 2 atom stereocenters. The molecule has 0 aromatic rings. The standard InChI is InChI=1S/C15H27N3O/c1-2-15(7-3-8-17-15)14(19)16-10-12-6-9-18(11-12)13-4-5-13/h12-13,17H,2-11H2,1H3,(H,16,19). The Morgan fingerprint density at radius 2 is 2.26 bits per heavy atom. The molecule has 2 saturated heterocycles. The minimum Gasteiger partial charge on any atom is -0.354 e. The maximum absolute atomic E-state index is 12.4. The van der Waals surface area contributed by atoms with Gasteiger partial charge in [-0.15, -0.1) is 0 Å². The summed E-state index contributed by atoms with van der Waals surface area (Å²) in [5.74, 6) is 0.900. The van der Waals surface area contributed by atoms with E-state index in [9.17, 15) is 4.79 Å². The fourth-order valence-electron chi connectivity index (χ4n) is 3.67. The third-order valence-corrected chi connectivity index (χ3v) is 5.21. The quantitative estimate of drug-likeness (QED) is 0.783. The van der Waals surface area contributed by atoms with E-state index in [4.69, 9.17) is 0 Å². The zero-order valence-corrected chi connectivity index (χ0v) is 12.1. The molecule has 2 aliphatic heterocycles. The first-order chi connectivity index (χ1) is 9.23. The Hall–Kier alpha value is -0.610. The highest BCUT2D eigenvalue weighted by Crippen LogP contribution is 2.31. The van der Waals surface area contributed by atoms with Crippen LogP contribution in [0.15, 0.2) is 0 Å². The van der Waals surface area contributed by atoms with Crippen molar-refractivity contribution in [3.8, 4) is 0 Å². The zero-order chi connectivity index (χ0) is 13.3. The van der Waals surface area contributed by atoms with Crippen LogP contribution in [0.3, 0.4) is 0 Å². The fraction of sp³-hybridized carbons (Fsp3) is 0.933. The van der Waals surface area contributed by atoms with E-state index in [1.165, 1.54) is 32.4 Å². The molecule has 1 aliphatic carbocycles. The van der Waals surface area contributed by atoms with Gasteiger partial charge in [0.05, 0.1) is 5.54 Å². The number of nitrogens with zero attached hydrogens (tertiary/aromatic N) is 1. The third kappa shape index (κ3) is 2.79. The summed E-state index contributed by atoms with van der Waals surface area (Å²) >= 11 is 0. The van der Waals surface area contributed by atoms with Gasteiger partial charge in [0.2, 0.25) is 5.91 Å². The Morgan fingerprint density at radius 1 is 1.42 bits per heavy atom. The molecule has 2 heterocycles. The lowest BCUT2D eigenvalue weighted by Gasteiger charge is -2.27. The highest BCUT2D eigenvalue weighted by molar-refractivity contribution is 5.86. The number of hydrogen-bond acceptors (Lipinski definition) is 3. The van der Waals surface area contributed by atoms with Gasteiger partial charge in [-0.05, 0) is 57.5 Å². The van der Waals surface area contributed by atoms with E-state index >= 15 is 0 Å². The van der Waals surface area contributed by atoms with E-state index in [2.05, 4.69) is 22.5 Å². The molecule has 3 aliphatic rings. The Labute approximate surface area is 116 Å². The van der Waals surface area contributed by atoms with Crippen LogP contribution in [0.2, 0.25) is 0 Å².